The van der Waals surface area contributed by atoms with E-state index >= 15 is 0 Å². The average molecular weight is 473 g/mol. The van der Waals surface area contributed by atoms with Crippen molar-refractivity contribution in [3.63, 3.8) is 0 Å². The fourth-order valence-electron chi connectivity index (χ4n) is 4.64. The number of nitrogens with one attached hydrogen (secondary N) is 1. The molecule has 1 atom stereocenters. The van der Waals surface area contributed by atoms with E-state index in [0.29, 0.717) is 55.7 Å². The molecule has 2 aliphatic rings. The zero-order valence-electron chi connectivity index (χ0n) is 20.3. The van der Waals surface area contributed by atoms with E-state index < -0.39 is 0 Å². The fraction of sp³-hybridized carbons (Fsp3) is 0.407. The maximum atomic E-state index is 12.5. The van der Waals surface area contributed by atoms with Gasteiger partial charge in [0.15, 0.2) is 0 Å². The molecule has 8 heteroatoms. The van der Waals surface area contributed by atoms with Gasteiger partial charge in [-0.25, -0.2) is 4.98 Å². The minimum absolute atomic E-state index is 0.0174. The summed E-state index contributed by atoms with van der Waals surface area (Å²) in [6.07, 6.45) is 5.45. The molecule has 35 heavy (non-hydrogen) atoms. The average Bonchev–Trinajstić information content (AvgIpc) is 3.72. The number of allylic oxidation sites excluding steroid dienone is 1. The van der Waals surface area contributed by atoms with Crippen molar-refractivity contribution in [2.75, 3.05) is 38.3 Å². The molecule has 3 N–H and O–H groups in total. The van der Waals surface area contributed by atoms with Gasteiger partial charge < -0.3 is 25.7 Å². The normalized spacial score (nSPS) is 18.0. The van der Waals surface area contributed by atoms with Gasteiger partial charge >= 0.3 is 0 Å². The summed E-state index contributed by atoms with van der Waals surface area (Å²) in [5.74, 6) is 1.17. The summed E-state index contributed by atoms with van der Waals surface area (Å²) in [5.41, 5.74) is 9.98. The predicted molar refractivity (Wildman–Crippen MR) is 136 cm³/mol. The van der Waals surface area contributed by atoms with Crippen molar-refractivity contribution in [3.8, 4) is 17.2 Å². The molecule has 2 fully saturated rings. The first-order chi connectivity index (χ1) is 17.0. The van der Waals surface area contributed by atoms with E-state index in [-0.39, 0.29) is 11.9 Å². The molecule has 1 aromatic carbocycles. The van der Waals surface area contributed by atoms with Crippen LogP contribution in [0.25, 0.3) is 11.1 Å². The van der Waals surface area contributed by atoms with E-state index in [0.717, 1.165) is 35.2 Å². The smallest absolute Gasteiger partial charge is 0.225 e. The second-order valence-electron chi connectivity index (χ2n) is 9.16. The third kappa shape index (κ3) is 5.36. The first-order valence-electron chi connectivity index (χ1n) is 12.0. The number of nitrogens with two attached hydrogens (primary N) is 1. The van der Waals surface area contributed by atoms with Crippen molar-refractivity contribution in [1.82, 2.24) is 9.88 Å². The number of hydrogen-bond acceptors (Lipinski definition) is 7. The Hall–Kier alpha value is -3.70. The van der Waals surface area contributed by atoms with E-state index in [1.807, 2.05) is 42.2 Å². The first kappa shape index (κ1) is 24.4. The van der Waals surface area contributed by atoms with Crippen LogP contribution in [0.15, 0.2) is 42.6 Å². The van der Waals surface area contributed by atoms with Crippen molar-refractivity contribution in [1.29, 1.82) is 10.7 Å². The van der Waals surface area contributed by atoms with Gasteiger partial charge in [0.05, 0.1) is 30.0 Å². The lowest BCUT2D eigenvalue weighted by Crippen LogP contribution is -2.54. The lowest BCUT2D eigenvalue weighted by molar-refractivity contribution is -0.134. The molecule has 0 spiro atoms. The second kappa shape index (κ2) is 10.7. The number of amides is 1. The van der Waals surface area contributed by atoms with Crippen LogP contribution in [0.4, 0.5) is 5.82 Å². The maximum Gasteiger partial charge on any atom is 0.225 e. The molecule has 182 valence electrons. The minimum atomic E-state index is 0.0174. The Kier molecular flexibility index (Phi) is 7.47. The van der Waals surface area contributed by atoms with Crippen LogP contribution in [0.5, 0.6) is 0 Å². The third-order valence-electron chi connectivity index (χ3n) is 6.63. The number of anilines is 1. The molecular weight excluding hydrogens is 440 g/mol. The van der Waals surface area contributed by atoms with Crippen LogP contribution >= 0.6 is 0 Å². The van der Waals surface area contributed by atoms with Gasteiger partial charge in [0, 0.05) is 49.8 Å². The molecular formula is C27H32N6O2. The molecule has 0 bridgehead atoms. The van der Waals surface area contributed by atoms with Crippen molar-refractivity contribution < 1.29 is 9.53 Å². The standard InChI is InChI=1S/C27H32N6O2/c1-18-17-32(11-12-33(18)25(34)9-13-35-2)27-22(16-29)15-23(26(31-27)19-6-7-19)20-4-3-5-21(14-20)24(30)8-10-28/h3-5,8,10,14-15,18-19,30H,6-7,9,11-13,17,28H2,1-2H3/b10-8-,30-24?. The second-order valence-corrected chi connectivity index (χ2v) is 9.16. The summed E-state index contributed by atoms with van der Waals surface area (Å²) in [5, 5.41) is 18.2. The molecule has 1 aliphatic carbocycles. The van der Waals surface area contributed by atoms with Crippen LogP contribution in [-0.2, 0) is 9.53 Å². The molecule has 1 saturated carbocycles. The molecule has 1 saturated heterocycles. The van der Waals surface area contributed by atoms with Crippen LogP contribution in [-0.4, -0.2) is 60.9 Å². The molecule has 0 radical (unpaired) electrons. The summed E-state index contributed by atoms with van der Waals surface area (Å²) in [4.78, 5) is 21.6. The van der Waals surface area contributed by atoms with Gasteiger partial charge in [-0.3, -0.25) is 4.79 Å². The Morgan fingerprint density at radius 2 is 2.14 bits per heavy atom. The Labute approximate surface area is 206 Å². The predicted octanol–water partition coefficient (Wildman–Crippen LogP) is 3.41. The van der Waals surface area contributed by atoms with Gasteiger partial charge in [-0.05, 0) is 49.7 Å². The van der Waals surface area contributed by atoms with Crippen molar-refractivity contribution in [3.05, 3.63) is 59.4 Å². The number of piperazine rings is 1. The monoisotopic (exact) mass is 472 g/mol. The Morgan fingerprint density at radius 3 is 2.80 bits per heavy atom. The molecule has 1 amide bonds. The number of nitriles is 1. The number of benzene rings is 1. The molecule has 2 heterocycles. The van der Waals surface area contributed by atoms with Crippen LogP contribution in [0, 0.1) is 16.7 Å². The Morgan fingerprint density at radius 1 is 1.34 bits per heavy atom. The molecule has 1 aromatic heterocycles. The summed E-state index contributed by atoms with van der Waals surface area (Å²) in [6, 6.07) is 12.1. The number of aromatic nitrogens is 1. The number of methoxy groups -OCH3 is 1. The van der Waals surface area contributed by atoms with E-state index in [1.165, 1.54) is 6.20 Å². The molecule has 4 rings (SSSR count). The van der Waals surface area contributed by atoms with Gasteiger partial charge in [0.25, 0.3) is 0 Å². The van der Waals surface area contributed by atoms with Crippen LogP contribution in [0.2, 0.25) is 0 Å². The number of hydrogen-bond donors (Lipinski definition) is 2. The van der Waals surface area contributed by atoms with Gasteiger partial charge in [-0.15, -0.1) is 0 Å². The largest absolute Gasteiger partial charge is 0.405 e. The van der Waals surface area contributed by atoms with E-state index in [1.54, 1.807) is 13.2 Å². The highest BCUT2D eigenvalue weighted by Gasteiger charge is 2.33. The summed E-state index contributed by atoms with van der Waals surface area (Å²) in [6.45, 7) is 4.31. The lowest BCUT2D eigenvalue weighted by Gasteiger charge is -2.41. The van der Waals surface area contributed by atoms with Crippen molar-refractivity contribution >= 4 is 17.4 Å². The van der Waals surface area contributed by atoms with Gasteiger partial charge in [0.1, 0.15) is 11.9 Å². The van der Waals surface area contributed by atoms with E-state index in [4.69, 9.17) is 20.9 Å². The highest BCUT2D eigenvalue weighted by atomic mass is 16.5. The number of pyridine rings is 1. The Bertz CT molecular complexity index is 1180. The molecule has 8 nitrogen and oxygen atoms in total. The first-order valence-corrected chi connectivity index (χ1v) is 12.0. The minimum Gasteiger partial charge on any atom is -0.405 e. The lowest BCUT2D eigenvalue weighted by atomic mass is 9.96. The van der Waals surface area contributed by atoms with E-state index in [2.05, 4.69) is 11.0 Å². The fourth-order valence-corrected chi connectivity index (χ4v) is 4.64. The zero-order valence-corrected chi connectivity index (χ0v) is 20.3. The van der Waals surface area contributed by atoms with Gasteiger partial charge in [-0.2, -0.15) is 5.26 Å². The van der Waals surface area contributed by atoms with Crippen molar-refractivity contribution in [2.24, 2.45) is 5.73 Å². The number of nitrogens with zero attached hydrogens (tertiary/aromatic N) is 4. The number of carbonyl (C=O) groups excluding carboxylic acids is 1. The summed E-state index contributed by atoms with van der Waals surface area (Å²) < 4.78 is 5.06. The molecule has 2 aromatic rings. The maximum absolute atomic E-state index is 12.5. The quantitative estimate of drug-likeness (QED) is 0.568. The topological polar surface area (TPSA) is 119 Å². The van der Waals surface area contributed by atoms with Gasteiger partial charge in [0.2, 0.25) is 5.91 Å². The van der Waals surface area contributed by atoms with Gasteiger partial charge in [-0.1, -0.05) is 18.2 Å². The van der Waals surface area contributed by atoms with Crippen molar-refractivity contribution in [2.45, 2.75) is 38.1 Å². The number of carbonyl (C=O) groups is 1. The Balaban J connectivity index is 1.65. The molecule has 1 aliphatic heterocycles. The number of ether oxygens (including phenoxy) is 1. The number of rotatable bonds is 8. The van der Waals surface area contributed by atoms with E-state index in [9.17, 15) is 10.1 Å². The highest BCUT2D eigenvalue weighted by molar-refractivity contribution is 6.07. The zero-order chi connectivity index (χ0) is 24.9. The van der Waals surface area contributed by atoms with Crippen LogP contribution in [0.1, 0.15) is 48.9 Å². The SMILES string of the molecule is COCCC(=O)N1CCN(c2nc(C3CC3)c(-c3cccc(C(=N)/C=C\N)c3)cc2C#N)CC1C. The third-order valence-corrected chi connectivity index (χ3v) is 6.63. The summed E-state index contributed by atoms with van der Waals surface area (Å²) in [7, 11) is 1.60. The van der Waals surface area contributed by atoms with Crippen LogP contribution in [0.3, 0.4) is 0 Å². The van der Waals surface area contributed by atoms with Crippen LogP contribution < -0.4 is 10.6 Å². The molecule has 1 unspecified atom stereocenters. The summed E-state index contributed by atoms with van der Waals surface area (Å²) >= 11 is 0. The highest BCUT2D eigenvalue weighted by Crippen LogP contribution is 2.45.